The Labute approximate surface area is 117 Å². The van der Waals surface area contributed by atoms with E-state index in [9.17, 15) is 0 Å². The van der Waals surface area contributed by atoms with Gasteiger partial charge >= 0.3 is 0 Å². The Kier molecular flexibility index (Phi) is 4.04. The molecule has 94 valence electrons. The Morgan fingerprint density at radius 2 is 2.12 bits per heavy atom. The SMILES string of the molecule is CC1(C)CCCCC1Nc1ccc(Cl)cc1Br. The molecule has 0 heterocycles. The molecule has 0 spiro atoms. The number of rotatable bonds is 2. The third-order valence-corrected chi connectivity index (χ3v) is 4.66. The van der Waals surface area contributed by atoms with Crippen molar-refractivity contribution in [1.82, 2.24) is 0 Å². The van der Waals surface area contributed by atoms with E-state index < -0.39 is 0 Å². The van der Waals surface area contributed by atoms with E-state index in [2.05, 4.69) is 41.2 Å². The van der Waals surface area contributed by atoms with E-state index >= 15 is 0 Å². The van der Waals surface area contributed by atoms with E-state index in [1.165, 1.54) is 25.7 Å². The molecule has 0 aliphatic heterocycles. The largest absolute Gasteiger partial charge is 0.381 e. The maximum Gasteiger partial charge on any atom is 0.0488 e. The molecule has 0 saturated heterocycles. The number of benzene rings is 1. The Morgan fingerprint density at radius 1 is 1.35 bits per heavy atom. The van der Waals surface area contributed by atoms with Gasteiger partial charge in [-0.2, -0.15) is 0 Å². The van der Waals surface area contributed by atoms with Crippen LogP contribution in [0.1, 0.15) is 39.5 Å². The fourth-order valence-electron chi connectivity index (χ4n) is 2.56. The number of halogens is 2. The lowest BCUT2D eigenvalue weighted by molar-refractivity contribution is 0.217. The summed E-state index contributed by atoms with van der Waals surface area (Å²) < 4.78 is 1.05. The van der Waals surface area contributed by atoms with Crippen molar-refractivity contribution >= 4 is 33.2 Å². The highest BCUT2D eigenvalue weighted by molar-refractivity contribution is 9.10. The summed E-state index contributed by atoms with van der Waals surface area (Å²) in [5, 5.41) is 4.43. The van der Waals surface area contributed by atoms with E-state index in [0.717, 1.165) is 15.2 Å². The van der Waals surface area contributed by atoms with Crippen molar-refractivity contribution in [3.05, 3.63) is 27.7 Å². The van der Waals surface area contributed by atoms with Crippen LogP contribution in [0, 0.1) is 5.41 Å². The molecule has 1 aliphatic rings. The monoisotopic (exact) mass is 315 g/mol. The Bertz CT molecular complexity index is 403. The van der Waals surface area contributed by atoms with Crippen LogP contribution in [0.5, 0.6) is 0 Å². The summed E-state index contributed by atoms with van der Waals surface area (Å²) in [6.07, 6.45) is 5.23. The van der Waals surface area contributed by atoms with Crippen molar-refractivity contribution in [1.29, 1.82) is 0 Å². The lowest BCUT2D eigenvalue weighted by Crippen LogP contribution is -2.38. The first kappa shape index (κ1) is 13.2. The van der Waals surface area contributed by atoms with E-state index in [-0.39, 0.29) is 0 Å². The summed E-state index contributed by atoms with van der Waals surface area (Å²) in [6.45, 7) is 4.71. The van der Waals surface area contributed by atoms with Gasteiger partial charge < -0.3 is 5.32 Å². The van der Waals surface area contributed by atoms with Crippen molar-refractivity contribution < 1.29 is 0 Å². The highest BCUT2D eigenvalue weighted by Crippen LogP contribution is 2.38. The highest BCUT2D eigenvalue weighted by Gasteiger charge is 2.32. The fourth-order valence-corrected chi connectivity index (χ4v) is 3.35. The van der Waals surface area contributed by atoms with Crippen LogP contribution in [0.2, 0.25) is 5.02 Å². The van der Waals surface area contributed by atoms with Crippen LogP contribution in [0.25, 0.3) is 0 Å². The first-order valence-corrected chi connectivity index (χ1v) is 7.38. The standard InChI is InChI=1S/C14H19BrClN/c1-14(2)8-4-3-5-13(14)17-12-7-6-10(16)9-11(12)15/h6-7,9,13,17H,3-5,8H2,1-2H3. The zero-order chi connectivity index (χ0) is 12.5. The van der Waals surface area contributed by atoms with E-state index in [1.54, 1.807) is 0 Å². The van der Waals surface area contributed by atoms with Gasteiger partial charge in [0.25, 0.3) is 0 Å². The minimum Gasteiger partial charge on any atom is -0.381 e. The molecule has 17 heavy (non-hydrogen) atoms. The van der Waals surface area contributed by atoms with Crippen LogP contribution in [0.4, 0.5) is 5.69 Å². The van der Waals surface area contributed by atoms with Gasteiger partial charge in [0.05, 0.1) is 0 Å². The molecule has 1 aromatic carbocycles. The van der Waals surface area contributed by atoms with Gasteiger partial charge in [-0.3, -0.25) is 0 Å². The Morgan fingerprint density at radius 3 is 2.76 bits per heavy atom. The van der Waals surface area contributed by atoms with Gasteiger partial charge in [0.2, 0.25) is 0 Å². The maximum absolute atomic E-state index is 5.96. The molecule has 0 aromatic heterocycles. The molecule has 1 aromatic rings. The second-order valence-electron chi connectivity index (χ2n) is 5.56. The van der Waals surface area contributed by atoms with Crippen LogP contribution in [-0.4, -0.2) is 6.04 Å². The lowest BCUT2D eigenvalue weighted by atomic mass is 9.73. The minimum absolute atomic E-state index is 0.372. The van der Waals surface area contributed by atoms with Gasteiger partial charge in [0, 0.05) is 21.2 Å². The van der Waals surface area contributed by atoms with Crippen molar-refractivity contribution in [2.24, 2.45) is 5.41 Å². The van der Waals surface area contributed by atoms with Gasteiger partial charge in [0.1, 0.15) is 0 Å². The molecule has 1 aliphatic carbocycles. The van der Waals surface area contributed by atoms with Crippen molar-refractivity contribution in [3.8, 4) is 0 Å². The molecular formula is C14H19BrClN. The van der Waals surface area contributed by atoms with Crippen molar-refractivity contribution in [3.63, 3.8) is 0 Å². The van der Waals surface area contributed by atoms with E-state index in [4.69, 9.17) is 11.6 Å². The molecule has 1 fully saturated rings. The third kappa shape index (κ3) is 3.17. The van der Waals surface area contributed by atoms with Crippen molar-refractivity contribution in [2.45, 2.75) is 45.6 Å². The topological polar surface area (TPSA) is 12.0 Å². The third-order valence-electron chi connectivity index (χ3n) is 3.77. The van der Waals surface area contributed by atoms with Crippen LogP contribution in [0.15, 0.2) is 22.7 Å². The minimum atomic E-state index is 0.372. The molecule has 0 bridgehead atoms. The van der Waals surface area contributed by atoms with E-state index in [0.29, 0.717) is 11.5 Å². The summed E-state index contributed by atoms with van der Waals surface area (Å²) in [4.78, 5) is 0. The Hall–Kier alpha value is -0.210. The first-order valence-electron chi connectivity index (χ1n) is 6.21. The molecule has 1 unspecified atom stereocenters. The average molecular weight is 317 g/mol. The Balaban J connectivity index is 2.14. The van der Waals surface area contributed by atoms with Crippen LogP contribution < -0.4 is 5.32 Å². The molecule has 1 saturated carbocycles. The summed E-state index contributed by atoms with van der Waals surface area (Å²) in [5.74, 6) is 0. The maximum atomic E-state index is 5.96. The number of anilines is 1. The van der Waals surface area contributed by atoms with E-state index in [1.807, 2.05) is 12.1 Å². The predicted octanol–water partition coefficient (Wildman–Crippen LogP) is 5.48. The molecule has 3 heteroatoms. The quantitative estimate of drug-likeness (QED) is 0.761. The zero-order valence-corrected chi connectivity index (χ0v) is 12.7. The smallest absolute Gasteiger partial charge is 0.0488 e. The van der Waals surface area contributed by atoms with Crippen LogP contribution in [-0.2, 0) is 0 Å². The molecule has 0 amide bonds. The molecule has 1 nitrogen and oxygen atoms in total. The number of hydrogen-bond donors (Lipinski definition) is 1. The second-order valence-corrected chi connectivity index (χ2v) is 6.85. The first-order chi connectivity index (χ1) is 7.99. The van der Waals surface area contributed by atoms with Gasteiger partial charge in [-0.25, -0.2) is 0 Å². The molecule has 0 radical (unpaired) electrons. The van der Waals surface area contributed by atoms with Gasteiger partial charge in [-0.1, -0.05) is 38.3 Å². The highest BCUT2D eigenvalue weighted by atomic mass is 79.9. The van der Waals surface area contributed by atoms with Gasteiger partial charge in [-0.15, -0.1) is 0 Å². The summed E-state index contributed by atoms with van der Waals surface area (Å²) in [7, 11) is 0. The van der Waals surface area contributed by atoms with Crippen LogP contribution in [0.3, 0.4) is 0 Å². The number of nitrogens with one attached hydrogen (secondary N) is 1. The predicted molar refractivity (Wildman–Crippen MR) is 78.8 cm³/mol. The summed E-state index contributed by atoms with van der Waals surface area (Å²) in [6, 6.07) is 6.48. The zero-order valence-electron chi connectivity index (χ0n) is 10.4. The fraction of sp³-hybridized carbons (Fsp3) is 0.571. The summed E-state index contributed by atoms with van der Waals surface area (Å²) >= 11 is 9.52. The van der Waals surface area contributed by atoms with Crippen LogP contribution >= 0.6 is 27.5 Å². The average Bonchev–Trinajstić information content (AvgIpc) is 2.24. The lowest BCUT2D eigenvalue weighted by Gasteiger charge is -2.39. The normalized spacial score (nSPS) is 23.4. The molecule has 1 atom stereocenters. The molecule has 1 N–H and O–H groups in total. The second kappa shape index (κ2) is 5.19. The number of hydrogen-bond acceptors (Lipinski definition) is 1. The molecule has 2 rings (SSSR count). The van der Waals surface area contributed by atoms with Crippen molar-refractivity contribution in [2.75, 3.05) is 5.32 Å². The molecular weight excluding hydrogens is 298 g/mol. The van der Waals surface area contributed by atoms with Gasteiger partial charge in [0.15, 0.2) is 0 Å². The van der Waals surface area contributed by atoms with Gasteiger partial charge in [-0.05, 0) is 52.4 Å². The summed E-state index contributed by atoms with van der Waals surface area (Å²) in [5.41, 5.74) is 1.52.